The quantitative estimate of drug-likeness (QED) is 0.201. The summed E-state index contributed by atoms with van der Waals surface area (Å²) in [5.41, 5.74) is 5.10. The molecule has 0 saturated carbocycles. The molecule has 17 heteroatoms. The molecule has 3 aromatic heterocycles. The number of anilines is 2. The van der Waals surface area contributed by atoms with Gasteiger partial charge in [0.2, 0.25) is 5.91 Å². The summed E-state index contributed by atoms with van der Waals surface area (Å²) in [7, 11) is 1.99. The molecule has 3 N–H and O–H groups in total. The van der Waals surface area contributed by atoms with E-state index in [1.54, 1.807) is 41.3 Å². The number of hydrogen-bond donors (Lipinski definition) is 3. The second-order valence-corrected chi connectivity index (χ2v) is 15.4. The van der Waals surface area contributed by atoms with Gasteiger partial charge in [-0.25, -0.2) is 24.2 Å². The zero-order valence-electron chi connectivity index (χ0n) is 32.1. The predicted molar refractivity (Wildman–Crippen MR) is 210 cm³/mol. The van der Waals surface area contributed by atoms with Gasteiger partial charge in [0.15, 0.2) is 0 Å². The van der Waals surface area contributed by atoms with Crippen LogP contribution in [-0.2, 0) is 24.4 Å². The van der Waals surface area contributed by atoms with Gasteiger partial charge in [-0.05, 0) is 68.8 Å². The van der Waals surface area contributed by atoms with Crippen LogP contribution in [0.25, 0.3) is 11.0 Å². The third-order valence-electron chi connectivity index (χ3n) is 11.6. The van der Waals surface area contributed by atoms with Crippen molar-refractivity contribution in [3.05, 3.63) is 106 Å². The number of piperidine rings is 1. The number of hydrogen-bond acceptors (Lipinski definition) is 9. The van der Waals surface area contributed by atoms with Crippen LogP contribution in [-0.4, -0.2) is 103 Å². The molecule has 0 unspecified atom stereocenters. The maximum absolute atomic E-state index is 15.8. The second kappa shape index (κ2) is 14.7. The molecular formula is C41H42FN11O5. The number of hydrazine groups is 1. The molecule has 0 spiro atoms. The Morgan fingerprint density at radius 2 is 1.79 bits per heavy atom. The summed E-state index contributed by atoms with van der Waals surface area (Å²) in [4.78, 5) is 71.6. The summed E-state index contributed by atoms with van der Waals surface area (Å²) in [5.74, 6) is -1.80. The van der Waals surface area contributed by atoms with Crippen LogP contribution in [0.5, 0.6) is 0 Å². The molecule has 58 heavy (non-hydrogen) atoms. The lowest BCUT2D eigenvalue weighted by molar-refractivity contribution is -0.123. The minimum absolute atomic E-state index is 0.0179. The van der Waals surface area contributed by atoms with Crippen molar-refractivity contribution >= 4 is 52.1 Å². The summed E-state index contributed by atoms with van der Waals surface area (Å²) in [5, 5.41) is 15.6. The minimum Gasteiger partial charge on any atom is -0.371 e. The highest BCUT2D eigenvalue weighted by Gasteiger charge is 2.39. The lowest BCUT2D eigenvalue weighted by Crippen LogP contribution is -2.56. The van der Waals surface area contributed by atoms with Crippen molar-refractivity contribution < 1.29 is 28.4 Å². The standard InChI is InChI=1S/C41H42FN11O5/c1-24-18-43-39(56)34-17-26-6-10-33(46-37(26)53(24)34)38(55)45-28-19-44-50(22-28)20-25-3-7-30(8-4-25)49-14-11-29(12-15-49)48(2)21-27-5-9-31-32(36(27)42)23-52(40(31)57)51-16-13-35(54)47-41(51)58/h3-10,17,19,22,24,29H,11-16,18,20-21,23H2,1-2H3,(H,43,56)(H,45,55)(H,47,54,58)/t24-/m1/s1. The number of nitrogens with zero attached hydrogens (tertiary/aromatic N) is 8. The molecule has 16 nitrogen and oxygen atoms in total. The van der Waals surface area contributed by atoms with E-state index in [1.165, 1.54) is 10.0 Å². The Morgan fingerprint density at radius 3 is 2.57 bits per heavy atom. The number of rotatable bonds is 9. The number of fused-ring (bicyclic) bond motifs is 4. The van der Waals surface area contributed by atoms with Crippen LogP contribution in [0.4, 0.5) is 20.6 Å². The number of amides is 6. The zero-order chi connectivity index (χ0) is 40.2. The van der Waals surface area contributed by atoms with Gasteiger partial charge in [-0.1, -0.05) is 18.2 Å². The largest absolute Gasteiger partial charge is 0.371 e. The molecule has 4 aliphatic heterocycles. The van der Waals surface area contributed by atoms with Crippen molar-refractivity contribution in [2.24, 2.45) is 0 Å². The smallest absolute Gasteiger partial charge is 0.342 e. The number of carbonyl (C=O) groups is 5. The summed E-state index contributed by atoms with van der Waals surface area (Å²) in [6.07, 6.45) is 5.25. The number of halogens is 1. The first-order valence-electron chi connectivity index (χ1n) is 19.4. The Bertz CT molecular complexity index is 2490. The van der Waals surface area contributed by atoms with Crippen molar-refractivity contribution in [3.63, 3.8) is 0 Å². The van der Waals surface area contributed by atoms with Crippen LogP contribution in [0.3, 0.4) is 0 Å². The fraction of sp³-hybridized carbons (Fsp3) is 0.341. The van der Waals surface area contributed by atoms with Gasteiger partial charge in [0.25, 0.3) is 17.7 Å². The van der Waals surface area contributed by atoms with E-state index in [9.17, 15) is 24.0 Å². The number of imide groups is 1. The van der Waals surface area contributed by atoms with Crippen LogP contribution in [0.2, 0.25) is 0 Å². The highest BCUT2D eigenvalue weighted by atomic mass is 19.1. The third-order valence-corrected chi connectivity index (χ3v) is 11.6. The van der Waals surface area contributed by atoms with Crippen LogP contribution >= 0.6 is 0 Å². The highest BCUT2D eigenvalue weighted by molar-refractivity contribution is 6.05. The van der Waals surface area contributed by atoms with E-state index in [0.717, 1.165) is 42.6 Å². The Morgan fingerprint density at radius 1 is 1.00 bits per heavy atom. The minimum atomic E-state index is -0.679. The Kier molecular flexibility index (Phi) is 9.38. The molecule has 5 aromatic rings. The molecule has 9 rings (SSSR count). The topological polar surface area (TPSA) is 170 Å². The van der Waals surface area contributed by atoms with Crippen molar-refractivity contribution in [2.75, 3.05) is 43.4 Å². The molecule has 2 fully saturated rings. The SMILES string of the molecule is C[C@@H]1CNC(=O)c2cc3ccc(C(=O)Nc4cnn(Cc5ccc(N6CCC(N(C)Cc7ccc8c(c7F)CN(N7CCC(=O)NC7=O)C8=O)CC6)cc5)c4)nc3n21. The Balaban J connectivity index is 0.767. The van der Waals surface area contributed by atoms with Crippen molar-refractivity contribution in [1.82, 2.24) is 44.9 Å². The van der Waals surface area contributed by atoms with Gasteiger partial charge in [0, 0.05) is 72.6 Å². The van der Waals surface area contributed by atoms with E-state index < -0.39 is 23.7 Å². The summed E-state index contributed by atoms with van der Waals surface area (Å²) in [6.45, 7) is 5.09. The zero-order valence-corrected chi connectivity index (χ0v) is 32.1. The monoisotopic (exact) mass is 787 g/mol. The molecule has 7 heterocycles. The van der Waals surface area contributed by atoms with E-state index in [-0.39, 0.29) is 60.2 Å². The normalized spacial score (nSPS) is 18.5. The fourth-order valence-electron chi connectivity index (χ4n) is 8.43. The van der Waals surface area contributed by atoms with Crippen LogP contribution in [0.1, 0.15) is 80.3 Å². The number of pyridine rings is 1. The van der Waals surface area contributed by atoms with Gasteiger partial charge in [-0.3, -0.25) is 34.1 Å². The Hall–Kier alpha value is -6.62. The molecule has 4 aliphatic rings. The third kappa shape index (κ3) is 6.80. The molecule has 0 radical (unpaired) electrons. The number of carbonyl (C=O) groups excluding carboxylic acids is 5. The highest BCUT2D eigenvalue weighted by Crippen LogP contribution is 2.31. The van der Waals surface area contributed by atoms with Crippen molar-refractivity contribution in [3.8, 4) is 0 Å². The van der Waals surface area contributed by atoms with E-state index >= 15 is 4.39 Å². The van der Waals surface area contributed by atoms with Gasteiger partial charge >= 0.3 is 6.03 Å². The van der Waals surface area contributed by atoms with E-state index in [0.29, 0.717) is 42.2 Å². The number of urea groups is 1. The molecule has 0 aliphatic carbocycles. The average molecular weight is 788 g/mol. The molecule has 298 valence electrons. The van der Waals surface area contributed by atoms with Crippen molar-refractivity contribution in [2.45, 2.75) is 57.9 Å². The predicted octanol–water partition coefficient (Wildman–Crippen LogP) is 3.89. The van der Waals surface area contributed by atoms with Gasteiger partial charge in [-0.15, -0.1) is 0 Å². The second-order valence-electron chi connectivity index (χ2n) is 15.4. The van der Waals surface area contributed by atoms with Gasteiger partial charge < -0.3 is 20.1 Å². The van der Waals surface area contributed by atoms with E-state index in [4.69, 9.17) is 0 Å². The maximum atomic E-state index is 15.8. The molecule has 6 amide bonds. The lowest BCUT2D eigenvalue weighted by atomic mass is 10.0. The first kappa shape index (κ1) is 37.0. The van der Waals surface area contributed by atoms with Crippen LogP contribution < -0.4 is 20.9 Å². The van der Waals surface area contributed by atoms with E-state index in [2.05, 4.69) is 60.1 Å². The fourth-order valence-corrected chi connectivity index (χ4v) is 8.43. The van der Waals surface area contributed by atoms with Crippen LogP contribution in [0.15, 0.2) is 67.0 Å². The average Bonchev–Trinajstić information content (AvgIpc) is 3.93. The first-order valence-corrected chi connectivity index (χ1v) is 19.4. The summed E-state index contributed by atoms with van der Waals surface area (Å²) < 4.78 is 19.5. The van der Waals surface area contributed by atoms with Crippen LogP contribution in [0, 0.1) is 5.82 Å². The molecule has 2 saturated heterocycles. The van der Waals surface area contributed by atoms with Gasteiger partial charge in [-0.2, -0.15) is 5.10 Å². The van der Waals surface area contributed by atoms with E-state index in [1.807, 2.05) is 24.6 Å². The molecular weight excluding hydrogens is 746 g/mol. The maximum Gasteiger partial charge on any atom is 0.342 e. The van der Waals surface area contributed by atoms with Gasteiger partial charge in [0.05, 0.1) is 37.6 Å². The number of aromatic nitrogens is 4. The number of nitrogens with one attached hydrogen (secondary N) is 3. The van der Waals surface area contributed by atoms with Crippen molar-refractivity contribution in [1.29, 1.82) is 0 Å². The summed E-state index contributed by atoms with van der Waals surface area (Å²) >= 11 is 0. The summed E-state index contributed by atoms with van der Waals surface area (Å²) in [6, 6.07) is 16.5. The Labute approximate surface area is 332 Å². The first-order chi connectivity index (χ1) is 28.0. The molecule has 2 aromatic carbocycles. The van der Waals surface area contributed by atoms with Gasteiger partial charge in [0.1, 0.15) is 22.9 Å². The number of benzene rings is 2. The molecule has 1 atom stereocenters. The lowest BCUT2D eigenvalue weighted by Gasteiger charge is -2.38. The molecule has 0 bridgehead atoms.